The van der Waals surface area contributed by atoms with Crippen LogP contribution in [0, 0.1) is 0 Å². The molecular weight excluding hydrogens is 709 g/mol. The first-order chi connectivity index (χ1) is 23.5. The maximum Gasteiger partial charge on any atom is 0.418 e. The van der Waals surface area contributed by atoms with E-state index in [0.29, 0.717) is 50.9 Å². The van der Waals surface area contributed by atoms with E-state index in [2.05, 4.69) is 36.2 Å². The summed E-state index contributed by atoms with van der Waals surface area (Å²) in [6.45, 7) is 4.54. The van der Waals surface area contributed by atoms with Crippen LogP contribution in [0.4, 0.5) is 23.7 Å². The van der Waals surface area contributed by atoms with Crippen LogP contribution in [0.5, 0.6) is 0 Å². The number of carbonyl (C=O) groups is 2. The van der Waals surface area contributed by atoms with Crippen molar-refractivity contribution in [2.75, 3.05) is 58.1 Å². The molecule has 0 radical (unpaired) electrons. The van der Waals surface area contributed by atoms with E-state index < -0.39 is 35.5 Å². The fourth-order valence-electron chi connectivity index (χ4n) is 6.90. The van der Waals surface area contributed by atoms with E-state index in [4.69, 9.17) is 10.5 Å². The Balaban J connectivity index is 1.14. The SMILES string of the molecule is Nc1c(Br)cc(C[C@@H](OC(=O)N2CCC(n3nc(-c4ccccc4)[nH]c3=O)CC2)C(=O)N2CCN(C3CCNCC3)CC2)cc1C(F)(F)F. The van der Waals surface area contributed by atoms with E-state index in [0.717, 1.165) is 37.6 Å². The van der Waals surface area contributed by atoms with E-state index in [1.165, 1.54) is 15.6 Å². The Morgan fingerprint density at radius 3 is 2.29 bits per heavy atom. The number of nitrogens with zero attached hydrogens (tertiary/aromatic N) is 5. The number of nitrogen functional groups attached to an aromatic ring is 1. The number of carbonyl (C=O) groups excluding carboxylic acids is 2. The van der Waals surface area contributed by atoms with Gasteiger partial charge < -0.3 is 25.6 Å². The zero-order valence-corrected chi connectivity index (χ0v) is 28.5. The van der Waals surface area contributed by atoms with Gasteiger partial charge in [-0.15, -0.1) is 5.10 Å². The molecule has 3 aromatic rings. The summed E-state index contributed by atoms with van der Waals surface area (Å²) in [4.78, 5) is 48.4. The summed E-state index contributed by atoms with van der Waals surface area (Å²) >= 11 is 3.12. The number of hydrogen-bond acceptors (Lipinski definition) is 8. The van der Waals surface area contributed by atoms with Gasteiger partial charge in [-0.25, -0.2) is 14.3 Å². The third-order valence-electron chi connectivity index (χ3n) is 9.64. The number of amides is 2. The van der Waals surface area contributed by atoms with Crippen molar-refractivity contribution in [2.45, 2.75) is 56.5 Å². The summed E-state index contributed by atoms with van der Waals surface area (Å²) in [7, 11) is 0. The summed E-state index contributed by atoms with van der Waals surface area (Å²) in [5, 5.41) is 7.84. The van der Waals surface area contributed by atoms with Crippen LogP contribution in [0.1, 0.15) is 42.9 Å². The molecule has 3 fully saturated rings. The van der Waals surface area contributed by atoms with E-state index in [9.17, 15) is 27.6 Å². The fraction of sp³-hybridized carbons (Fsp3) is 0.515. The van der Waals surface area contributed by atoms with Crippen molar-refractivity contribution in [2.24, 2.45) is 0 Å². The van der Waals surface area contributed by atoms with Crippen LogP contribution in [0.3, 0.4) is 0 Å². The lowest BCUT2D eigenvalue weighted by Gasteiger charge is -2.41. The molecule has 264 valence electrons. The highest BCUT2D eigenvalue weighted by Gasteiger charge is 2.37. The summed E-state index contributed by atoms with van der Waals surface area (Å²) in [6, 6.07) is 11.8. The van der Waals surface area contributed by atoms with Crippen LogP contribution >= 0.6 is 15.9 Å². The summed E-state index contributed by atoms with van der Waals surface area (Å²) < 4.78 is 48.7. The maximum atomic E-state index is 13.9. The Morgan fingerprint density at radius 2 is 1.63 bits per heavy atom. The van der Waals surface area contributed by atoms with E-state index >= 15 is 0 Å². The molecule has 0 spiro atoms. The summed E-state index contributed by atoms with van der Waals surface area (Å²) in [6.07, 6.45) is -4.17. The number of rotatable bonds is 7. The lowest BCUT2D eigenvalue weighted by molar-refractivity contribution is -0.143. The lowest BCUT2D eigenvalue weighted by atomic mass is 10.0. The van der Waals surface area contributed by atoms with Gasteiger partial charge in [0.2, 0.25) is 0 Å². The standard InChI is InChI=1S/C33H40BrF3N8O4/c34-26-19-21(18-25(28(26)38)33(35,36)37)20-27(30(46)43-16-14-42(15-17-43)23-6-10-39-11-7-23)49-32(48)44-12-8-24(9-13-44)45-31(47)40-29(41-45)22-4-2-1-3-5-22/h1-5,18-19,23-24,27,39H,6-17,20,38H2,(H,40,41,47)/t27-/m1/s1. The van der Waals surface area contributed by atoms with Gasteiger partial charge in [0.05, 0.1) is 17.3 Å². The molecule has 0 unspecified atom stereocenters. The van der Waals surface area contributed by atoms with Crippen molar-refractivity contribution in [1.29, 1.82) is 0 Å². The molecule has 2 aromatic carbocycles. The Hall–Kier alpha value is -3.89. The minimum atomic E-state index is -4.72. The van der Waals surface area contributed by atoms with Gasteiger partial charge in [-0.3, -0.25) is 14.7 Å². The number of aromatic amines is 1. The van der Waals surface area contributed by atoms with Crippen molar-refractivity contribution >= 4 is 33.6 Å². The third-order valence-corrected chi connectivity index (χ3v) is 10.3. The molecule has 0 bridgehead atoms. The molecule has 12 nitrogen and oxygen atoms in total. The molecule has 3 aliphatic heterocycles. The number of nitrogens with two attached hydrogens (primary N) is 1. The number of aromatic nitrogens is 3. The van der Waals surface area contributed by atoms with E-state index in [1.807, 2.05) is 30.3 Å². The average molecular weight is 750 g/mol. The number of ether oxygens (including phenoxy) is 1. The Kier molecular flexibility index (Phi) is 10.6. The summed E-state index contributed by atoms with van der Waals surface area (Å²) in [5.74, 6) is -0.000388. The molecule has 4 N–H and O–H groups in total. The van der Waals surface area contributed by atoms with E-state index in [-0.39, 0.29) is 41.3 Å². The molecule has 3 aliphatic rings. The number of halogens is 4. The molecular formula is C33H40BrF3N8O4. The van der Waals surface area contributed by atoms with Crippen LogP contribution in [0.15, 0.2) is 51.7 Å². The van der Waals surface area contributed by atoms with Gasteiger partial charge in [0.15, 0.2) is 11.9 Å². The highest BCUT2D eigenvalue weighted by atomic mass is 79.9. The number of H-pyrrole nitrogens is 1. The Morgan fingerprint density at radius 1 is 0.959 bits per heavy atom. The minimum absolute atomic E-state index is 0.0385. The van der Waals surface area contributed by atoms with Gasteiger partial charge in [-0.2, -0.15) is 13.2 Å². The topological polar surface area (TPSA) is 142 Å². The van der Waals surface area contributed by atoms with Crippen molar-refractivity contribution < 1.29 is 27.5 Å². The summed E-state index contributed by atoms with van der Waals surface area (Å²) in [5.41, 5.74) is 4.81. The predicted molar refractivity (Wildman–Crippen MR) is 180 cm³/mol. The number of benzene rings is 2. The number of likely N-dealkylation sites (tertiary alicyclic amines) is 1. The molecule has 1 atom stereocenters. The predicted octanol–water partition coefficient (Wildman–Crippen LogP) is 3.88. The molecule has 4 heterocycles. The van der Waals surface area contributed by atoms with Gasteiger partial charge in [0, 0.05) is 61.8 Å². The smallest absolute Gasteiger partial charge is 0.418 e. The van der Waals surface area contributed by atoms with Gasteiger partial charge in [-0.1, -0.05) is 30.3 Å². The minimum Gasteiger partial charge on any atom is -0.436 e. The number of piperazine rings is 1. The zero-order chi connectivity index (χ0) is 34.7. The number of nitrogens with one attached hydrogen (secondary N) is 2. The van der Waals surface area contributed by atoms with Gasteiger partial charge in [0.25, 0.3) is 5.91 Å². The lowest BCUT2D eigenvalue weighted by Crippen LogP contribution is -2.56. The fourth-order valence-corrected chi connectivity index (χ4v) is 7.41. The van der Waals surface area contributed by atoms with Crippen molar-refractivity contribution in [1.82, 2.24) is 34.8 Å². The maximum absolute atomic E-state index is 13.9. The first-order valence-electron chi connectivity index (χ1n) is 16.6. The number of alkyl halides is 3. The number of piperidine rings is 2. The van der Waals surface area contributed by atoms with Crippen molar-refractivity contribution in [3.63, 3.8) is 0 Å². The molecule has 2 amide bonds. The largest absolute Gasteiger partial charge is 0.436 e. The molecule has 0 aliphatic carbocycles. The third kappa shape index (κ3) is 8.13. The van der Waals surface area contributed by atoms with Crippen molar-refractivity contribution in [3.8, 4) is 11.4 Å². The van der Waals surface area contributed by atoms with Gasteiger partial charge in [-0.05, 0) is 72.4 Å². The molecule has 49 heavy (non-hydrogen) atoms. The van der Waals surface area contributed by atoms with Crippen LogP contribution in [-0.2, 0) is 22.1 Å². The number of anilines is 1. The van der Waals surface area contributed by atoms with Crippen molar-refractivity contribution in [3.05, 3.63) is 68.5 Å². The highest BCUT2D eigenvalue weighted by Crippen LogP contribution is 2.38. The molecule has 3 saturated heterocycles. The Bertz CT molecular complexity index is 1680. The first kappa shape index (κ1) is 35.0. The number of hydrogen-bond donors (Lipinski definition) is 3. The van der Waals surface area contributed by atoms with Crippen LogP contribution in [-0.4, -0.2) is 106 Å². The van der Waals surface area contributed by atoms with E-state index in [1.54, 1.807) is 4.90 Å². The monoisotopic (exact) mass is 748 g/mol. The Labute approximate surface area is 289 Å². The molecule has 0 saturated carbocycles. The second-order valence-corrected chi connectivity index (χ2v) is 13.6. The zero-order valence-electron chi connectivity index (χ0n) is 26.9. The van der Waals surface area contributed by atoms with Gasteiger partial charge >= 0.3 is 18.0 Å². The molecule has 6 rings (SSSR count). The second-order valence-electron chi connectivity index (χ2n) is 12.8. The second kappa shape index (κ2) is 14.9. The highest BCUT2D eigenvalue weighted by molar-refractivity contribution is 9.10. The first-order valence-corrected chi connectivity index (χ1v) is 17.4. The van der Waals surface area contributed by atoms with Crippen LogP contribution in [0.2, 0.25) is 0 Å². The van der Waals surface area contributed by atoms with Crippen LogP contribution < -0.4 is 16.7 Å². The molecule has 1 aromatic heterocycles. The molecule has 16 heteroatoms. The normalized spacial score (nSPS) is 19.2. The van der Waals surface area contributed by atoms with Crippen LogP contribution in [0.25, 0.3) is 11.4 Å². The average Bonchev–Trinajstić information content (AvgIpc) is 3.51. The van der Waals surface area contributed by atoms with Gasteiger partial charge in [0.1, 0.15) is 0 Å². The quantitative estimate of drug-likeness (QED) is 0.310.